The highest BCUT2D eigenvalue weighted by Crippen LogP contribution is 2.26. The molecule has 24 heavy (non-hydrogen) atoms. The van der Waals surface area contributed by atoms with Gasteiger partial charge in [0.2, 0.25) is 0 Å². The highest BCUT2D eigenvalue weighted by atomic mass is 32.2. The average Bonchev–Trinajstić information content (AvgIpc) is 2.59. The number of benzene rings is 2. The van der Waals surface area contributed by atoms with Crippen molar-refractivity contribution in [2.75, 3.05) is 18.2 Å². The zero-order valence-electron chi connectivity index (χ0n) is 12.8. The highest BCUT2D eigenvalue weighted by molar-refractivity contribution is 7.98. The number of hydrogen-bond donors (Lipinski definition) is 1. The van der Waals surface area contributed by atoms with Gasteiger partial charge in [-0.3, -0.25) is 14.9 Å². The number of rotatable bonds is 6. The van der Waals surface area contributed by atoms with Crippen LogP contribution in [0.15, 0.2) is 47.4 Å². The summed E-state index contributed by atoms with van der Waals surface area (Å²) in [6, 6.07) is 11.1. The van der Waals surface area contributed by atoms with E-state index in [0.29, 0.717) is 11.4 Å². The number of terminal acetylenes is 1. The summed E-state index contributed by atoms with van der Waals surface area (Å²) in [6.07, 6.45) is 6.96. The Hall–Kier alpha value is -2.98. The van der Waals surface area contributed by atoms with Crippen molar-refractivity contribution in [1.82, 2.24) is 0 Å². The lowest BCUT2D eigenvalue weighted by Gasteiger charge is -2.09. The number of nitrogens with zero attached hydrogens (tertiary/aromatic N) is 1. The molecule has 0 spiro atoms. The number of ether oxygens (including phenoxy) is 1. The Morgan fingerprint density at radius 1 is 1.38 bits per heavy atom. The van der Waals surface area contributed by atoms with Crippen molar-refractivity contribution in [3.63, 3.8) is 0 Å². The summed E-state index contributed by atoms with van der Waals surface area (Å²) < 4.78 is 5.28. The van der Waals surface area contributed by atoms with E-state index in [1.165, 1.54) is 23.9 Å². The first-order valence-electron chi connectivity index (χ1n) is 6.85. The normalized spacial score (nSPS) is 9.83. The van der Waals surface area contributed by atoms with Crippen molar-refractivity contribution < 1.29 is 14.5 Å². The summed E-state index contributed by atoms with van der Waals surface area (Å²) in [5.74, 6) is 2.28. The van der Waals surface area contributed by atoms with E-state index in [0.717, 1.165) is 4.90 Å². The molecule has 0 saturated heterocycles. The number of anilines is 1. The van der Waals surface area contributed by atoms with Crippen LogP contribution in [0.5, 0.6) is 5.75 Å². The second kappa shape index (κ2) is 8.04. The number of thioether (sulfide) groups is 1. The Kier molecular flexibility index (Phi) is 5.82. The Labute approximate surface area is 143 Å². The predicted molar refractivity (Wildman–Crippen MR) is 93.6 cm³/mol. The van der Waals surface area contributed by atoms with Crippen LogP contribution in [0.3, 0.4) is 0 Å². The molecule has 0 aliphatic carbocycles. The van der Waals surface area contributed by atoms with Gasteiger partial charge in [0.1, 0.15) is 17.9 Å². The summed E-state index contributed by atoms with van der Waals surface area (Å²) in [4.78, 5) is 23.7. The zero-order valence-corrected chi connectivity index (χ0v) is 13.6. The fourth-order valence-corrected chi connectivity index (χ4v) is 2.41. The van der Waals surface area contributed by atoms with Crippen LogP contribution < -0.4 is 10.1 Å². The number of carbonyl (C=O) groups is 1. The van der Waals surface area contributed by atoms with E-state index in [1.807, 2.05) is 6.26 Å². The van der Waals surface area contributed by atoms with Crippen molar-refractivity contribution >= 4 is 29.0 Å². The van der Waals surface area contributed by atoms with Gasteiger partial charge in [-0.1, -0.05) is 12.0 Å². The van der Waals surface area contributed by atoms with Gasteiger partial charge in [0.25, 0.3) is 11.6 Å². The van der Waals surface area contributed by atoms with Gasteiger partial charge in [0, 0.05) is 22.7 Å². The molecule has 2 rings (SSSR count). The smallest absolute Gasteiger partial charge is 0.282 e. The lowest BCUT2D eigenvalue weighted by Crippen LogP contribution is -2.14. The molecule has 2 aromatic carbocycles. The second-order valence-corrected chi connectivity index (χ2v) is 5.49. The number of nitrogens with one attached hydrogen (secondary N) is 1. The minimum absolute atomic E-state index is 0.00166. The van der Waals surface area contributed by atoms with Gasteiger partial charge in [-0.15, -0.1) is 18.2 Å². The summed E-state index contributed by atoms with van der Waals surface area (Å²) >= 11 is 1.40. The zero-order chi connectivity index (χ0) is 17.5. The quantitative estimate of drug-likeness (QED) is 0.375. The van der Waals surface area contributed by atoms with Crippen LogP contribution in [-0.4, -0.2) is 23.7 Å². The number of amides is 1. The molecule has 0 unspecified atom stereocenters. The van der Waals surface area contributed by atoms with E-state index in [9.17, 15) is 14.9 Å². The van der Waals surface area contributed by atoms with Crippen LogP contribution >= 0.6 is 11.8 Å². The number of nitro benzene ring substituents is 1. The average molecular weight is 342 g/mol. The van der Waals surface area contributed by atoms with Crippen molar-refractivity contribution in [3.05, 3.63) is 58.1 Å². The van der Waals surface area contributed by atoms with E-state index in [-0.39, 0.29) is 17.9 Å². The van der Waals surface area contributed by atoms with Gasteiger partial charge in [-0.25, -0.2) is 0 Å². The van der Waals surface area contributed by atoms with Crippen LogP contribution in [0.25, 0.3) is 0 Å². The first-order valence-corrected chi connectivity index (χ1v) is 8.07. The van der Waals surface area contributed by atoms with Crippen molar-refractivity contribution in [1.29, 1.82) is 0 Å². The molecule has 0 saturated carbocycles. The highest BCUT2D eigenvalue weighted by Gasteiger charge is 2.20. The Morgan fingerprint density at radius 3 is 2.83 bits per heavy atom. The molecule has 0 radical (unpaired) electrons. The van der Waals surface area contributed by atoms with E-state index in [1.54, 1.807) is 30.3 Å². The molecule has 0 aliphatic heterocycles. The Morgan fingerprint density at radius 2 is 2.17 bits per heavy atom. The molecule has 0 aromatic heterocycles. The summed E-state index contributed by atoms with van der Waals surface area (Å²) in [6.45, 7) is 0.110. The fraction of sp³-hybridized carbons (Fsp3) is 0.118. The molecule has 6 nitrogen and oxygen atoms in total. The van der Waals surface area contributed by atoms with Crippen molar-refractivity contribution in [3.8, 4) is 18.1 Å². The minimum Gasteiger partial charge on any atom is -0.481 e. The first-order chi connectivity index (χ1) is 11.5. The van der Waals surface area contributed by atoms with Gasteiger partial charge >= 0.3 is 0 Å². The van der Waals surface area contributed by atoms with E-state index < -0.39 is 10.8 Å². The minimum atomic E-state index is -0.578. The predicted octanol–water partition coefficient (Wildman–Crippen LogP) is 3.58. The van der Waals surface area contributed by atoms with Crippen molar-refractivity contribution in [2.24, 2.45) is 0 Å². The molecule has 0 bridgehead atoms. The molecule has 0 aliphatic rings. The molecule has 7 heteroatoms. The third-order valence-corrected chi connectivity index (χ3v) is 3.78. The SMILES string of the molecule is C#CCOc1cccc(NC(=O)c2cc(SC)ccc2[N+](=O)[O-])c1. The second-order valence-electron chi connectivity index (χ2n) is 4.61. The molecular formula is C17H14N2O4S. The van der Waals surface area contributed by atoms with E-state index in [2.05, 4.69) is 11.2 Å². The summed E-state index contributed by atoms with van der Waals surface area (Å²) in [7, 11) is 0. The van der Waals surface area contributed by atoms with Crippen LogP contribution in [0.4, 0.5) is 11.4 Å². The van der Waals surface area contributed by atoms with Crippen LogP contribution in [-0.2, 0) is 0 Å². The summed E-state index contributed by atoms with van der Waals surface area (Å²) in [5.41, 5.74) is 0.213. The maximum Gasteiger partial charge on any atom is 0.282 e. The lowest BCUT2D eigenvalue weighted by atomic mass is 10.1. The molecule has 0 heterocycles. The van der Waals surface area contributed by atoms with Crippen LogP contribution in [0.1, 0.15) is 10.4 Å². The molecule has 1 amide bonds. The molecule has 0 atom stereocenters. The Balaban J connectivity index is 2.26. The van der Waals surface area contributed by atoms with Gasteiger partial charge in [-0.2, -0.15) is 0 Å². The number of carbonyl (C=O) groups excluding carboxylic acids is 1. The largest absolute Gasteiger partial charge is 0.481 e. The molecule has 1 N–H and O–H groups in total. The monoisotopic (exact) mass is 342 g/mol. The van der Waals surface area contributed by atoms with Crippen molar-refractivity contribution in [2.45, 2.75) is 4.90 Å². The third kappa shape index (κ3) is 4.27. The molecular weight excluding hydrogens is 328 g/mol. The van der Waals surface area contributed by atoms with E-state index >= 15 is 0 Å². The number of hydrogen-bond acceptors (Lipinski definition) is 5. The standard InChI is InChI=1S/C17H14N2O4S/c1-3-9-23-13-6-4-5-12(10-13)18-17(20)15-11-14(24-2)7-8-16(15)19(21)22/h1,4-8,10-11H,9H2,2H3,(H,18,20). The maximum atomic E-state index is 12.4. The topological polar surface area (TPSA) is 81.5 Å². The molecule has 122 valence electrons. The van der Waals surface area contributed by atoms with E-state index in [4.69, 9.17) is 11.2 Å². The van der Waals surface area contributed by atoms with Crippen LogP contribution in [0.2, 0.25) is 0 Å². The summed E-state index contributed by atoms with van der Waals surface area (Å²) in [5, 5.41) is 13.8. The molecule has 2 aromatic rings. The number of nitro groups is 1. The molecule has 0 fully saturated rings. The van der Waals surface area contributed by atoms with Gasteiger partial charge in [-0.05, 0) is 30.5 Å². The van der Waals surface area contributed by atoms with Gasteiger partial charge in [0.05, 0.1) is 4.92 Å². The Bertz CT molecular complexity index is 814. The lowest BCUT2D eigenvalue weighted by molar-refractivity contribution is -0.385. The van der Waals surface area contributed by atoms with Crippen LogP contribution in [0, 0.1) is 22.5 Å². The van der Waals surface area contributed by atoms with Gasteiger partial charge in [0.15, 0.2) is 0 Å². The third-order valence-electron chi connectivity index (χ3n) is 3.06. The maximum absolute atomic E-state index is 12.4. The van der Waals surface area contributed by atoms with Gasteiger partial charge < -0.3 is 10.1 Å². The fourth-order valence-electron chi connectivity index (χ4n) is 1.97. The first kappa shape index (κ1) is 17.4.